The van der Waals surface area contributed by atoms with E-state index in [1.165, 1.54) is 0 Å². The molecule has 0 radical (unpaired) electrons. The van der Waals surface area contributed by atoms with Crippen LogP contribution in [-0.2, 0) is 14.3 Å². The summed E-state index contributed by atoms with van der Waals surface area (Å²) in [5, 5.41) is 1.78. The number of carbonyl (C=O) groups excluding carboxylic acids is 3. The third-order valence-corrected chi connectivity index (χ3v) is 1.63. The summed E-state index contributed by atoms with van der Waals surface area (Å²) in [7, 11) is 0. The van der Waals surface area contributed by atoms with E-state index in [2.05, 4.69) is 0 Å². The standard InChI is InChI=1S/C10H16N2O4/c1-3-4-7(2)16-9(14)6-5-8(13)12-10(11)15/h5-7H,3-4H2,1-2H3,(H3,11,12,13,15)/b6-5-/t7-/m0/s1. The van der Waals surface area contributed by atoms with E-state index < -0.39 is 17.9 Å². The third kappa shape index (κ3) is 7.54. The Hall–Kier alpha value is -1.85. The molecule has 0 aromatic rings. The van der Waals surface area contributed by atoms with Crippen molar-refractivity contribution in [2.24, 2.45) is 5.73 Å². The Morgan fingerprint density at radius 2 is 2.00 bits per heavy atom. The number of urea groups is 1. The lowest BCUT2D eigenvalue weighted by Gasteiger charge is -2.09. The number of rotatable bonds is 5. The number of imide groups is 1. The van der Waals surface area contributed by atoms with E-state index in [0.29, 0.717) is 0 Å². The average Bonchev–Trinajstić information content (AvgIpc) is 2.14. The van der Waals surface area contributed by atoms with Gasteiger partial charge in [0, 0.05) is 12.2 Å². The van der Waals surface area contributed by atoms with E-state index in [-0.39, 0.29) is 6.10 Å². The molecule has 0 aliphatic heterocycles. The summed E-state index contributed by atoms with van der Waals surface area (Å²) in [4.78, 5) is 32.2. The van der Waals surface area contributed by atoms with Crippen LogP contribution in [0.1, 0.15) is 26.7 Å². The summed E-state index contributed by atoms with van der Waals surface area (Å²) in [5.74, 6) is -1.38. The zero-order valence-electron chi connectivity index (χ0n) is 9.36. The second-order valence-corrected chi connectivity index (χ2v) is 3.22. The van der Waals surface area contributed by atoms with Crippen molar-refractivity contribution in [3.63, 3.8) is 0 Å². The molecule has 3 N–H and O–H groups in total. The summed E-state index contributed by atoms with van der Waals surface area (Å²) < 4.78 is 4.92. The Labute approximate surface area is 93.8 Å². The van der Waals surface area contributed by atoms with E-state index in [9.17, 15) is 14.4 Å². The van der Waals surface area contributed by atoms with Crippen LogP contribution < -0.4 is 11.1 Å². The average molecular weight is 228 g/mol. The van der Waals surface area contributed by atoms with Crippen molar-refractivity contribution in [2.75, 3.05) is 0 Å². The minimum atomic E-state index is -0.970. The zero-order chi connectivity index (χ0) is 12.6. The Morgan fingerprint density at radius 1 is 1.38 bits per heavy atom. The third-order valence-electron chi connectivity index (χ3n) is 1.63. The van der Waals surface area contributed by atoms with Crippen LogP contribution in [0.4, 0.5) is 4.79 Å². The van der Waals surface area contributed by atoms with Gasteiger partial charge in [-0.2, -0.15) is 0 Å². The number of nitrogens with one attached hydrogen (secondary N) is 1. The van der Waals surface area contributed by atoms with Gasteiger partial charge in [0.1, 0.15) is 0 Å². The maximum Gasteiger partial charge on any atom is 0.331 e. The Morgan fingerprint density at radius 3 is 2.50 bits per heavy atom. The van der Waals surface area contributed by atoms with Crippen molar-refractivity contribution < 1.29 is 19.1 Å². The SMILES string of the molecule is CCC[C@H](C)OC(=O)/C=C\C(=O)NC(N)=O. The summed E-state index contributed by atoms with van der Waals surface area (Å²) >= 11 is 0. The molecule has 0 aliphatic rings. The van der Waals surface area contributed by atoms with Gasteiger partial charge in [0.15, 0.2) is 0 Å². The fraction of sp³-hybridized carbons (Fsp3) is 0.500. The topological polar surface area (TPSA) is 98.5 Å². The van der Waals surface area contributed by atoms with Gasteiger partial charge < -0.3 is 10.5 Å². The first kappa shape index (κ1) is 14.2. The van der Waals surface area contributed by atoms with Crippen LogP contribution in [0.2, 0.25) is 0 Å². The number of hydrogen-bond donors (Lipinski definition) is 2. The normalized spacial score (nSPS) is 12.1. The Kier molecular flexibility index (Phi) is 6.58. The van der Waals surface area contributed by atoms with Crippen LogP contribution in [0.25, 0.3) is 0 Å². The number of amides is 3. The van der Waals surface area contributed by atoms with Gasteiger partial charge in [-0.15, -0.1) is 0 Å². The first-order chi connectivity index (χ1) is 7.45. The molecule has 0 heterocycles. The molecule has 16 heavy (non-hydrogen) atoms. The highest BCUT2D eigenvalue weighted by molar-refractivity contribution is 6.02. The number of nitrogens with two attached hydrogens (primary N) is 1. The van der Waals surface area contributed by atoms with E-state index in [1.807, 2.05) is 6.92 Å². The highest BCUT2D eigenvalue weighted by Gasteiger charge is 2.06. The molecular formula is C10H16N2O4. The lowest BCUT2D eigenvalue weighted by atomic mass is 10.2. The Bertz CT molecular complexity index is 299. The molecule has 6 nitrogen and oxygen atoms in total. The molecule has 90 valence electrons. The van der Waals surface area contributed by atoms with Gasteiger partial charge in [0.25, 0.3) is 5.91 Å². The van der Waals surface area contributed by atoms with Crippen LogP contribution in [-0.4, -0.2) is 24.0 Å². The molecule has 0 spiro atoms. The van der Waals surface area contributed by atoms with Crippen LogP contribution in [0.5, 0.6) is 0 Å². The summed E-state index contributed by atoms with van der Waals surface area (Å²) in [6.07, 6.45) is 3.31. The van der Waals surface area contributed by atoms with Gasteiger partial charge in [0.2, 0.25) is 0 Å². The molecule has 1 atom stereocenters. The quantitative estimate of drug-likeness (QED) is 0.527. The predicted molar refractivity (Wildman–Crippen MR) is 57.3 cm³/mol. The lowest BCUT2D eigenvalue weighted by molar-refractivity contribution is -0.142. The molecule has 3 amide bonds. The van der Waals surface area contributed by atoms with Gasteiger partial charge in [-0.3, -0.25) is 10.1 Å². The fourth-order valence-corrected chi connectivity index (χ4v) is 1.01. The zero-order valence-corrected chi connectivity index (χ0v) is 9.36. The number of ether oxygens (including phenoxy) is 1. The monoisotopic (exact) mass is 228 g/mol. The summed E-state index contributed by atoms with van der Waals surface area (Å²) in [6, 6.07) is -0.970. The predicted octanol–water partition coefficient (Wildman–Crippen LogP) is 0.469. The van der Waals surface area contributed by atoms with Gasteiger partial charge >= 0.3 is 12.0 Å². The first-order valence-electron chi connectivity index (χ1n) is 4.94. The molecule has 0 fully saturated rings. The van der Waals surface area contributed by atoms with Gasteiger partial charge in [0.05, 0.1) is 6.10 Å². The molecule has 6 heteroatoms. The first-order valence-corrected chi connectivity index (χ1v) is 4.94. The van der Waals surface area contributed by atoms with Gasteiger partial charge in [-0.05, 0) is 13.3 Å². The number of primary amides is 1. The smallest absolute Gasteiger partial charge is 0.331 e. The maximum atomic E-state index is 11.1. The van der Waals surface area contributed by atoms with Crippen molar-refractivity contribution in [2.45, 2.75) is 32.8 Å². The second-order valence-electron chi connectivity index (χ2n) is 3.22. The summed E-state index contributed by atoms with van der Waals surface area (Å²) in [5.41, 5.74) is 4.70. The fourth-order valence-electron chi connectivity index (χ4n) is 1.01. The van der Waals surface area contributed by atoms with Crippen LogP contribution in [0.3, 0.4) is 0 Å². The van der Waals surface area contributed by atoms with Crippen molar-refractivity contribution >= 4 is 17.9 Å². The molecule has 0 saturated heterocycles. The van der Waals surface area contributed by atoms with Crippen LogP contribution >= 0.6 is 0 Å². The molecule has 0 bridgehead atoms. The lowest BCUT2D eigenvalue weighted by Crippen LogP contribution is -2.33. The molecule has 0 aromatic carbocycles. The molecule has 0 aromatic heterocycles. The minimum Gasteiger partial charge on any atom is -0.460 e. The van der Waals surface area contributed by atoms with Gasteiger partial charge in [-0.25, -0.2) is 9.59 Å². The number of hydrogen-bond acceptors (Lipinski definition) is 4. The van der Waals surface area contributed by atoms with E-state index in [1.54, 1.807) is 12.2 Å². The highest BCUT2D eigenvalue weighted by Crippen LogP contribution is 2.01. The van der Waals surface area contributed by atoms with Crippen molar-refractivity contribution in [1.82, 2.24) is 5.32 Å². The largest absolute Gasteiger partial charge is 0.460 e. The van der Waals surface area contributed by atoms with Crippen LogP contribution in [0.15, 0.2) is 12.2 Å². The number of carbonyl (C=O) groups is 3. The van der Waals surface area contributed by atoms with Crippen molar-refractivity contribution in [3.05, 3.63) is 12.2 Å². The van der Waals surface area contributed by atoms with Crippen molar-refractivity contribution in [3.8, 4) is 0 Å². The van der Waals surface area contributed by atoms with E-state index in [0.717, 1.165) is 25.0 Å². The van der Waals surface area contributed by atoms with E-state index in [4.69, 9.17) is 10.5 Å². The molecular weight excluding hydrogens is 212 g/mol. The molecule has 0 saturated carbocycles. The second kappa shape index (κ2) is 7.44. The van der Waals surface area contributed by atoms with Crippen LogP contribution in [0, 0.1) is 0 Å². The Balaban J connectivity index is 3.99. The van der Waals surface area contributed by atoms with E-state index >= 15 is 0 Å². The molecule has 0 aliphatic carbocycles. The highest BCUT2D eigenvalue weighted by atomic mass is 16.5. The van der Waals surface area contributed by atoms with Crippen molar-refractivity contribution in [1.29, 1.82) is 0 Å². The molecule has 0 rings (SSSR count). The number of esters is 1. The minimum absolute atomic E-state index is 0.193. The maximum absolute atomic E-state index is 11.1. The summed E-state index contributed by atoms with van der Waals surface area (Å²) in [6.45, 7) is 3.74. The molecule has 0 unspecified atom stereocenters. The van der Waals surface area contributed by atoms with Gasteiger partial charge in [-0.1, -0.05) is 13.3 Å².